The topological polar surface area (TPSA) is 92.4 Å². The normalized spacial score (nSPS) is 11.4. The Labute approximate surface area is 179 Å². The SMILES string of the molecule is CC(C)NC(=O)Nc1ccc(C(=O)Nc2nc3ccc(OCC(F)(F)F)cc3s2)cc1. The van der Waals surface area contributed by atoms with Crippen molar-refractivity contribution in [2.24, 2.45) is 0 Å². The van der Waals surface area contributed by atoms with E-state index in [9.17, 15) is 22.8 Å². The monoisotopic (exact) mass is 452 g/mol. The van der Waals surface area contributed by atoms with E-state index in [0.717, 1.165) is 11.3 Å². The molecule has 31 heavy (non-hydrogen) atoms. The third kappa shape index (κ3) is 6.57. The number of hydrogen-bond donors (Lipinski definition) is 3. The van der Waals surface area contributed by atoms with Crippen LogP contribution in [0.25, 0.3) is 10.2 Å². The minimum absolute atomic E-state index is 0.00820. The molecule has 3 amide bonds. The maximum Gasteiger partial charge on any atom is 0.422 e. The van der Waals surface area contributed by atoms with Gasteiger partial charge in [-0.3, -0.25) is 10.1 Å². The number of thiazole rings is 1. The van der Waals surface area contributed by atoms with Gasteiger partial charge in [-0.25, -0.2) is 9.78 Å². The zero-order chi connectivity index (χ0) is 22.6. The Morgan fingerprint density at radius 1 is 1.10 bits per heavy atom. The van der Waals surface area contributed by atoms with Crippen LogP contribution in [0.3, 0.4) is 0 Å². The second-order valence-electron chi connectivity index (χ2n) is 6.84. The first kappa shape index (κ1) is 22.3. The Hall–Kier alpha value is -3.34. The first-order valence-electron chi connectivity index (χ1n) is 9.18. The van der Waals surface area contributed by atoms with Crippen LogP contribution in [-0.2, 0) is 0 Å². The second-order valence-corrected chi connectivity index (χ2v) is 7.87. The van der Waals surface area contributed by atoms with Crippen molar-refractivity contribution in [1.82, 2.24) is 10.3 Å². The highest BCUT2D eigenvalue weighted by Crippen LogP contribution is 2.30. The summed E-state index contributed by atoms with van der Waals surface area (Å²) >= 11 is 1.12. The lowest BCUT2D eigenvalue weighted by atomic mass is 10.2. The van der Waals surface area contributed by atoms with Crippen molar-refractivity contribution >= 4 is 44.3 Å². The van der Waals surface area contributed by atoms with Gasteiger partial charge in [-0.05, 0) is 56.3 Å². The summed E-state index contributed by atoms with van der Waals surface area (Å²) in [4.78, 5) is 28.4. The number of nitrogens with one attached hydrogen (secondary N) is 3. The molecule has 0 unspecified atom stereocenters. The number of benzene rings is 2. The van der Waals surface area contributed by atoms with Gasteiger partial charge in [0.15, 0.2) is 11.7 Å². The van der Waals surface area contributed by atoms with Crippen LogP contribution in [0.5, 0.6) is 5.75 Å². The summed E-state index contributed by atoms with van der Waals surface area (Å²) in [5.74, 6) is -0.346. The molecule has 0 radical (unpaired) electrons. The molecule has 0 aliphatic rings. The standard InChI is InChI=1S/C20H19F3N4O3S/c1-11(2)24-18(29)25-13-5-3-12(4-6-13)17(28)27-19-26-15-8-7-14(9-16(15)31-19)30-10-20(21,22)23/h3-9,11H,10H2,1-2H3,(H2,24,25,29)(H,26,27,28). The maximum absolute atomic E-state index is 12.5. The van der Waals surface area contributed by atoms with Gasteiger partial charge in [0.05, 0.1) is 10.2 Å². The van der Waals surface area contributed by atoms with Gasteiger partial charge >= 0.3 is 12.2 Å². The number of rotatable bonds is 6. The number of aromatic nitrogens is 1. The lowest BCUT2D eigenvalue weighted by Crippen LogP contribution is -2.34. The minimum atomic E-state index is -4.43. The number of fused-ring (bicyclic) bond motifs is 1. The van der Waals surface area contributed by atoms with Gasteiger partial charge in [-0.2, -0.15) is 13.2 Å². The number of anilines is 2. The molecule has 3 rings (SSSR count). The van der Waals surface area contributed by atoms with Crippen LogP contribution in [0.4, 0.5) is 28.8 Å². The van der Waals surface area contributed by atoms with Gasteiger partial charge in [0.2, 0.25) is 0 Å². The number of amides is 3. The number of halogens is 3. The molecule has 3 N–H and O–H groups in total. The Kier molecular flexibility index (Phi) is 6.64. The van der Waals surface area contributed by atoms with Gasteiger partial charge in [0.1, 0.15) is 5.75 Å². The van der Waals surface area contributed by atoms with Crippen LogP contribution in [0.2, 0.25) is 0 Å². The van der Waals surface area contributed by atoms with Crippen molar-refractivity contribution in [2.45, 2.75) is 26.1 Å². The van der Waals surface area contributed by atoms with Crippen LogP contribution in [0.1, 0.15) is 24.2 Å². The largest absolute Gasteiger partial charge is 0.484 e. The van der Waals surface area contributed by atoms with Gasteiger partial charge in [0, 0.05) is 17.3 Å². The zero-order valence-corrected chi connectivity index (χ0v) is 17.4. The quantitative estimate of drug-likeness (QED) is 0.490. The molecule has 0 bridgehead atoms. The predicted octanol–water partition coefficient (Wildman–Crippen LogP) is 5.02. The number of ether oxygens (including phenoxy) is 1. The number of urea groups is 1. The summed E-state index contributed by atoms with van der Waals surface area (Å²) < 4.78 is 42.2. The lowest BCUT2D eigenvalue weighted by molar-refractivity contribution is -0.153. The Bertz CT molecular complexity index is 1080. The first-order valence-corrected chi connectivity index (χ1v) is 10.00. The van der Waals surface area contributed by atoms with Gasteiger partial charge in [-0.15, -0.1) is 0 Å². The first-order chi connectivity index (χ1) is 14.6. The highest BCUT2D eigenvalue weighted by atomic mass is 32.1. The second kappa shape index (κ2) is 9.21. The van der Waals surface area contributed by atoms with E-state index < -0.39 is 18.7 Å². The summed E-state index contributed by atoms with van der Waals surface area (Å²) in [5.41, 5.74) is 1.40. The molecule has 0 aliphatic heterocycles. The average molecular weight is 452 g/mol. The van der Waals surface area contributed by atoms with E-state index in [1.807, 2.05) is 13.8 Å². The van der Waals surface area contributed by atoms with Crippen molar-refractivity contribution in [3.05, 3.63) is 48.0 Å². The highest BCUT2D eigenvalue weighted by molar-refractivity contribution is 7.22. The molecule has 7 nitrogen and oxygen atoms in total. The molecule has 3 aromatic rings. The predicted molar refractivity (Wildman–Crippen MR) is 113 cm³/mol. The van der Waals surface area contributed by atoms with Gasteiger partial charge in [0.25, 0.3) is 5.91 Å². The maximum atomic E-state index is 12.5. The molecule has 0 spiro atoms. The van der Waals surface area contributed by atoms with Crippen molar-refractivity contribution < 1.29 is 27.5 Å². The zero-order valence-electron chi connectivity index (χ0n) is 16.5. The molecule has 2 aromatic carbocycles. The summed E-state index contributed by atoms with van der Waals surface area (Å²) in [6.45, 7) is 2.29. The average Bonchev–Trinajstić information content (AvgIpc) is 3.07. The molecule has 0 fully saturated rings. The molecule has 0 aliphatic carbocycles. The summed E-state index contributed by atoms with van der Waals surface area (Å²) in [7, 11) is 0. The molecular weight excluding hydrogens is 433 g/mol. The molecule has 1 aromatic heterocycles. The molecule has 1 heterocycles. The number of carbonyl (C=O) groups excluding carboxylic acids is 2. The van der Waals surface area contributed by atoms with E-state index in [1.165, 1.54) is 18.2 Å². The molecule has 11 heteroatoms. The fourth-order valence-electron chi connectivity index (χ4n) is 2.52. The summed E-state index contributed by atoms with van der Waals surface area (Å²) in [5, 5.41) is 8.31. The van der Waals surface area contributed by atoms with Crippen LogP contribution in [0.15, 0.2) is 42.5 Å². The van der Waals surface area contributed by atoms with Crippen molar-refractivity contribution in [1.29, 1.82) is 0 Å². The van der Waals surface area contributed by atoms with E-state index in [2.05, 4.69) is 20.9 Å². The third-order valence-corrected chi connectivity index (χ3v) is 4.74. The fraction of sp³-hybridized carbons (Fsp3) is 0.250. The third-order valence-electron chi connectivity index (χ3n) is 3.81. The van der Waals surface area contributed by atoms with E-state index in [1.54, 1.807) is 24.3 Å². The smallest absolute Gasteiger partial charge is 0.422 e. The number of hydrogen-bond acceptors (Lipinski definition) is 5. The number of carbonyl (C=O) groups is 2. The van der Waals surface area contributed by atoms with Crippen molar-refractivity contribution in [3.8, 4) is 5.75 Å². The van der Waals surface area contributed by atoms with Crippen LogP contribution < -0.4 is 20.7 Å². The molecule has 164 valence electrons. The highest BCUT2D eigenvalue weighted by Gasteiger charge is 2.28. The van der Waals surface area contributed by atoms with Crippen molar-refractivity contribution in [3.63, 3.8) is 0 Å². The number of nitrogens with zero attached hydrogens (tertiary/aromatic N) is 1. The van der Waals surface area contributed by atoms with E-state index in [-0.39, 0.29) is 17.8 Å². The summed E-state index contributed by atoms with van der Waals surface area (Å²) in [6, 6.07) is 10.3. The van der Waals surface area contributed by atoms with Crippen LogP contribution in [0, 0.1) is 0 Å². The Morgan fingerprint density at radius 2 is 1.81 bits per heavy atom. The summed E-state index contributed by atoms with van der Waals surface area (Å²) in [6.07, 6.45) is -4.43. The van der Waals surface area contributed by atoms with Crippen molar-refractivity contribution in [2.75, 3.05) is 17.2 Å². The lowest BCUT2D eigenvalue weighted by Gasteiger charge is -2.10. The number of alkyl halides is 3. The fourth-order valence-corrected chi connectivity index (χ4v) is 3.41. The van der Waals surface area contributed by atoms with Crippen LogP contribution >= 0.6 is 11.3 Å². The molecular formula is C20H19F3N4O3S. The van der Waals surface area contributed by atoms with E-state index in [0.29, 0.717) is 26.6 Å². The van der Waals surface area contributed by atoms with E-state index >= 15 is 0 Å². The van der Waals surface area contributed by atoms with E-state index in [4.69, 9.17) is 4.74 Å². The van der Waals surface area contributed by atoms with Gasteiger partial charge in [-0.1, -0.05) is 11.3 Å². The van der Waals surface area contributed by atoms with Crippen LogP contribution in [-0.4, -0.2) is 35.7 Å². The molecule has 0 atom stereocenters. The molecule has 0 saturated heterocycles. The Morgan fingerprint density at radius 3 is 2.45 bits per heavy atom. The Balaban J connectivity index is 1.63. The molecule has 0 saturated carbocycles. The minimum Gasteiger partial charge on any atom is -0.484 e. The van der Waals surface area contributed by atoms with Gasteiger partial charge < -0.3 is 15.4 Å².